The Morgan fingerprint density at radius 2 is 1.81 bits per heavy atom. The molecular formula is C20H12F4N2O5S. The predicted octanol–water partition coefficient (Wildman–Crippen LogP) is 4.02. The molecule has 1 aliphatic heterocycles. The first-order chi connectivity index (χ1) is 15.0. The Morgan fingerprint density at radius 3 is 2.41 bits per heavy atom. The summed E-state index contributed by atoms with van der Waals surface area (Å²) in [6, 6.07) is 8.27. The molecule has 0 bridgehead atoms. The van der Waals surface area contributed by atoms with Crippen LogP contribution in [0.5, 0.6) is 5.75 Å². The van der Waals surface area contributed by atoms with Crippen molar-refractivity contribution in [2.45, 2.75) is 17.2 Å². The van der Waals surface area contributed by atoms with Crippen LogP contribution < -0.4 is 10.1 Å². The Bertz CT molecular complexity index is 1160. The Labute approximate surface area is 182 Å². The van der Waals surface area contributed by atoms with Crippen molar-refractivity contribution in [3.8, 4) is 16.9 Å². The van der Waals surface area contributed by atoms with Gasteiger partial charge in [0.1, 0.15) is 22.6 Å². The SMILES string of the molecule is [C-]#[N+]C1SC(O)C(C(=O)O)=C1C(=O)Nc1ccc(-c2cccc(OC(F)(F)F)c2)cc1F. The van der Waals surface area contributed by atoms with Gasteiger partial charge in [-0.25, -0.2) is 15.8 Å². The summed E-state index contributed by atoms with van der Waals surface area (Å²) in [6.45, 7) is 7.09. The van der Waals surface area contributed by atoms with E-state index in [1.165, 1.54) is 18.2 Å². The molecule has 0 saturated heterocycles. The first-order valence-corrected chi connectivity index (χ1v) is 9.59. The second-order valence-corrected chi connectivity index (χ2v) is 7.49. The molecule has 3 N–H and O–H groups in total. The molecule has 7 nitrogen and oxygen atoms in total. The third kappa shape index (κ3) is 5.01. The zero-order valence-corrected chi connectivity index (χ0v) is 16.5. The van der Waals surface area contributed by atoms with Crippen LogP contribution in [0.2, 0.25) is 0 Å². The zero-order chi connectivity index (χ0) is 23.6. The topological polar surface area (TPSA) is 100 Å². The maximum atomic E-state index is 14.6. The summed E-state index contributed by atoms with van der Waals surface area (Å²) in [4.78, 5) is 27.0. The molecule has 2 aromatic carbocycles. The van der Waals surface area contributed by atoms with E-state index in [2.05, 4.69) is 14.9 Å². The van der Waals surface area contributed by atoms with E-state index in [0.29, 0.717) is 11.8 Å². The number of hydrogen-bond acceptors (Lipinski definition) is 5. The number of anilines is 1. The smallest absolute Gasteiger partial charge is 0.478 e. The van der Waals surface area contributed by atoms with E-state index in [9.17, 15) is 37.4 Å². The standard InChI is InChI=1S/C20H12F4N2O5S/c1-25-17-14(15(18(28)29)19(30)32-17)16(27)26-13-6-5-10(8-12(13)21)9-3-2-4-11(7-9)31-20(22,23)24/h2-8,17,19,30H,(H,26,27)(H,28,29). The van der Waals surface area contributed by atoms with E-state index in [1.807, 2.05) is 0 Å². The first kappa shape index (κ1) is 23.1. The normalized spacial score (nSPS) is 18.2. The van der Waals surface area contributed by atoms with E-state index in [0.717, 1.165) is 24.3 Å². The minimum Gasteiger partial charge on any atom is -0.478 e. The number of nitrogens with one attached hydrogen (secondary N) is 1. The lowest BCUT2D eigenvalue weighted by Crippen LogP contribution is -2.22. The minimum atomic E-state index is -4.89. The molecule has 1 aliphatic rings. The average molecular weight is 468 g/mol. The number of carboxylic acid groups (broad SMARTS) is 1. The van der Waals surface area contributed by atoms with Crippen molar-refractivity contribution in [2.75, 3.05) is 5.32 Å². The van der Waals surface area contributed by atoms with Crippen LogP contribution in [0, 0.1) is 12.4 Å². The highest BCUT2D eigenvalue weighted by atomic mass is 32.2. The number of carboxylic acids is 1. The quantitative estimate of drug-likeness (QED) is 0.453. The van der Waals surface area contributed by atoms with Gasteiger partial charge in [0.05, 0.1) is 11.3 Å². The van der Waals surface area contributed by atoms with Gasteiger partial charge in [0.2, 0.25) is 0 Å². The summed E-state index contributed by atoms with van der Waals surface area (Å²) in [5.41, 5.74) is -2.70. The summed E-state index contributed by atoms with van der Waals surface area (Å²) in [5, 5.41) is 19.9. The van der Waals surface area contributed by atoms with Crippen molar-refractivity contribution in [1.29, 1.82) is 0 Å². The van der Waals surface area contributed by atoms with E-state index in [4.69, 9.17) is 6.57 Å². The van der Waals surface area contributed by atoms with E-state index in [-0.39, 0.29) is 16.8 Å². The molecule has 2 aromatic rings. The fourth-order valence-electron chi connectivity index (χ4n) is 2.93. The van der Waals surface area contributed by atoms with Crippen molar-refractivity contribution in [1.82, 2.24) is 0 Å². The predicted molar refractivity (Wildman–Crippen MR) is 106 cm³/mol. The van der Waals surface area contributed by atoms with E-state index < -0.39 is 51.8 Å². The van der Waals surface area contributed by atoms with Crippen LogP contribution in [-0.2, 0) is 9.59 Å². The Hall–Kier alpha value is -3.56. The molecule has 0 fully saturated rings. The lowest BCUT2D eigenvalue weighted by Gasteiger charge is -2.12. The third-order valence-electron chi connectivity index (χ3n) is 4.25. The zero-order valence-electron chi connectivity index (χ0n) is 15.7. The maximum Gasteiger partial charge on any atom is 0.573 e. The highest BCUT2D eigenvalue weighted by Crippen LogP contribution is 2.39. The van der Waals surface area contributed by atoms with Gasteiger partial charge >= 0.3 is 17.7 Å². The van der Waals surface area contributed by atoms with E-state index >= 15 is 0 Å². The second kappa shape index (κ2) is 8.89. The summed E-state index contributed by atoms with van der Waals surface area (Å²) in [5.74, 6) is -4.11. The number of hydrogen-bond donors (Lipinski definition) is 3. The lowest BCUT2D eigenvalue weighted by atomic mass is 10.0. The molecule has 166 valence electrons. The van der Waals surface area contributed by atoms with Crippen LogP contribution >= 0.6 is 11.8 Å². The minimum absolute atomic E-state index is 0.185. The second-order valence-electron chi connectivity index (χ2n) is 6.33. The number of amides is 1. The van der Waals surface area contributed by atoms with Gasteiger partial charge < -0.3 is 20.3 Å². The number of halogens is 4. The molecule has 0 spiro atoms. The first-order valence-electron chi connectivity index (χ1n) is 8.64. The van der Waals surface area contributed by atoms with Crippen molar-refractivity contribution in [3.63, 3.8) is 0 Å². The van der Waals surface area contributed by atoms with E-state index in [1.54, 1.807) is 0 Å². The molecule has 1 heterocycles. The Morgan fingerprint density at radius 1 is 1.12 bits per heavy atom. The van der Waals surface area contributed by atoms with Crippen molar-refractivity contribution in [2.24, 2.45) is 0 Å². The number of alkyl halides is 3. The van der Waals surface area contributed by atoms with Gasteiger partial charge in [-0.15, -0.1) is 13.2 Å². The summed E-state index contributed by atoms with van der Waals surface area (Å²) < 4.78 is 55.6. The monoisotopic (exact) mass is 468 g/mol. The van der Waals surface area contributed by atoms with Gasteiger partial charge in [0.15, 0.2) is 0 Å². The third-order valence-corrected chi connectivity index (χ3v) is 5.34. The molecule has 0 aliphatic carbocycles. The molecule has 3 rings (SSSR count). The number of aliphatic carboxylic acids is 1. The number of benzene rings is 2. The largest absolute Gasteiger partial charge is 0.573 e. The van der Waals surface area contributed by atoms with Crippen LogP contribution in [0.4, 0.5) is 23.2 Å². The molecular weight excluding hydrogens is 456 g/mol. The van der Waals surface area contributed by atoms with Crippen LogP contribution in [0.15, 0.2) is 53.6 Å². The summed E-state index contributed by atoms with van der Waals surface area (Å²) in [7, 11) is 0. The van der Waals surface area contributed by atoms with Crippen LogP contribution in [0.3, 0.4) is 0 Å². The highest BCUT2D eigenvalue weighted by Gasteiger charge is 2.45. The lowest BCUT2D eigenvalue weighted by molar-refractivity contribution is -0.274. The molecule has 12 heteroatoms. The molecule has 0 aromatic heterocycles. The van der Waals surface area contributed by atoms with Gasteiger partial charge in [-0.1, -0.05) is 18.2 Å². The number of thioether (sulfide) groups is 1. The van der Waals surface area contributed by atoms with Gasteiger partial charge in [-0.3, -0.25) is 9.64 Å². The van der Waals surface area contributed by atoms with Gasteiger partial charge in [-0.2, -0.15) is 0 Å². The summed E-state index contributed by atoms with van der Waals surface area (Å²) in [6.07, 6.45) is -4.89. The number of ether oxygens (including phenoxy) is 1. The van der Waals surface area contributed by atoms with Crippen molar-refractivity contribution in [3.05, 3.63) is 70.8 Å². The molecule has 1 amide bonds. The molecule has 2 atom stereocenters. The average Bonchev–Trinajstić information content (AvgIpc) is 3.05. The number of carbonyl (C=O) groups excluding carboxylic acids is 1. The number of carbonyl (C=O) groups is 2. The Kier molecular flexibility index (Phi) is 6.42. The number of aliphatic hydroxyl groups is 1. The molecule has 0 radical (unpaired) electrons. The van der Waals surface area contributed by atoms with Crippen LogP contribution in [0.25, 0.3) is 16.0 Å². The molecule has 2 unspecified atom stereocenters. The van der Waals surface area contributed by atoms with Gasteiger partial charge in [0.25, 0.3) is 5.91 Å². The fourth-order valence-corrected chi connectivity index (χ4v) is 3.97. The summed E-state index contributed by atoms with van der Waals surface area (Å²) >= 11 is 0.558. The van der Waals surface area contributed by atoms with Gasteiger partial charge in [0, 0.05) is 0 Å². The molecule has 0 saturated carbocycles. The Balaban J connectivity index is 1.87. The van der Waals surface area contributed by atoms with Gasteiger partial charge in [-0.05, 0) is 47.2 Å². The molecule has 32 heavy (non-hydrogen) atoms. The van der Waals surface area contributed by atoms with Crippen molar-refractivity contribution < 1.29 is 42.1 Å². The number of aliphatic hydroxyl groups excluding tert-OH is 1. The van der Waals surface area contributed by atoms with Crippen LogP contribution in [0.1, 0.15) is 0 Å². The highest BCUT2D eigenvalue weighted by molar-refractivity contribution is 8.01. The fraction of sp³-hybridized carbons (Fsp3) is 0.150. The van der Waals surface area contributed by atoms with Crippen molar-refractivity contribution >= 4 is 29.3 Å². The maximum absolute atomic E-state index is 14.6. The number of rotatable bonds is 5. The van der Waals surface area contributed by atoms with Crippen LogP contribution in [-0.4, -0.2) is 39.3 Å². The number of nitrogens with zero attached hydrogens (tertiary/aromatic N) is 1.